The first-order valence-electron chi connectivity index (χ1n) is 9.71. The molecule has 0 amide bonds. The second-order valence-electron chi connectivity index (χ2n) is 7.60. The van der Waals surface area contributed by atoms with Gasteiger partial charge in [-0.05, 0) is 48.8 Å². The number of carbonyl (C=O) groups excluding carboxylic acids is 1. The summed E-state index contributed by atoms with van der Waals surface area (Å²) in [6.07, 6.45) is 6.61. The molecule has 1 aliphatic heterocycles. The molecular weight excluding hydrogens is 326 g/mol. The average molecular weight is 353 g/mol. The second kappa shape index (κ2) is 7.67. The van der Waals surface area contributed by atoms with E-state index in [1.807, 2.05) is 0 Å². The van der Waals surface area contributed by atoms with Crippen molar-refractivity contribution >= 4 is 16.7 Å². The van der Waals surface area contributed by atoms with Crippen LogP contribution in [0.3, 0.4) is 0 Å². The van der Waals surface area contributed by atoms with Gasteiger partial charge >= 0.3 is 5.97 Å². The molecule has 0 aromatic heterocycles. The molecule has 26 heavy (non-hydrogen) atoms. The van der Waals surface area contributed by atoms with Gasteiger partial charge in [0, 0.05) is 25.0 Å². The minimum absolute atomic E-state index is 0.0379. The highest BCUT2D eigenvalue weighted by atomic mass is 16.5. The van der Waals surface area contributed by atoms with Gasteiger partial charge in [0.2, 0.25) is 0 Å². The second-order valence-corrected chi connectivity index (χ2v) is 7.60. The van der Waals surface area contributed by atoms with Crippen LogP contribution in [0.1, 0.15) is 37.7 Å². The maximum Gasteiger partial charge on any atom is 0.311 e. The van der Waals surface area contributed by atoms with Crippen molar-refractivity contribution in [1.29, 1.82) is 0 Å². The van der Waals surface area contributed by atoms with Gasteiger partial charge in [-0.2, -0.15) is 0 Å². The van der Waals surface area contributed by atoms with Gasteiger partial charge in [-0.25, -0.2) is 0 Å². The number of fused-ring (bicyclic) bond motifs is 1. The SMILES string of the molecule is COC(=O)C1CN(Cc2ccc3c(OC4CCCCC4)cccc3c2)C1. The van der Waals surface area contributed by atoms with E-state index < -0.39 is 0 Å². The summed E-state index contributed by atoms with van der Waals surface area (Å²) in [4.78, 5) is 13.8. The van der Waals surface area contributed by atoms with E-state index in [1.165, 1.54) is 55.5 Å². The molecule has 138 valence electrons. The topological polar surface area (TPSA) is 38.8 Å². The highest BCUT2D eigenvalue weighted by Crippen LogP contribution is 2.31. The van der Waals surface area contributed by atoms with E-state index in [0.29, 0.717) is 6.10 Å². The first-order chi connectivity index (χ1) is 12.7. The summed E-state index contributed by atoms with van der Waals surface area (Å²) in [6.45, 7) is 2.45. The zero-order valence-electron chi connectivity index (χ0n) is 15.4. The summed E-state index contributed by atoms with van der Waals surface area (Å²) in [5.74, 6) is 0.955. The highest BCUT2D eigenvalue weighted by Gasteiger charge is 2.33. The number of likely N-dealkylation sites (tertiary alicyclic amines) is 1. The average Bonchev–Trinajstić information content (AvgIpc) is 2.64. The molecular formula is C22H27NO3. The van der Waals surface area contributed by atoms with E-state index >= 15 is 0 Å². The molecule has 0 atom stereocenters. The van der Waals surface area contributed by atoms with Gasteiger partial charge in [0.05, 0.1) is 19.1 Å². The number of carbonyl (C=O) groups is 1. The molecule has 0 bridgehead atoms. The molecule has 0 N–H and O–H groups in total. The lowest BCUT2D eigenvalue weighted by molar-refractivity contribution is -0.151. The Morgan fingerprint density at radius 1 is 1.12 bits per heavy atom. The number of esters is 1. The predicted octanol–water partition coefficient (Wildman–Crippen LogP) is 4.16. The van der Waals surface area contributed by atoms with Crippen LogP contribution in [0, 0.1) is 5.92 Å². The Bertz CT molecular complexity index is 776. The van der Waals surface area contributed by atoms with E-state index in [2.05, 4.69) is 41.3 Å². The Kier molecular flexibility index (Phi) is 5.11. The van der Waals surface area contributed by atoms with Gasteiger partial charge in [-0.3, -0.25) is 9.69 Å². The lowest BCUT2D eigenvalue weighted by atomic mass is 9.97. The van der Waals surface area contributed by atoms with Gasteiger partial charge in [0.1, 0.15) is 5.75 Å². The number of hydrogen-bond acceptors (Lipinski definition) is 4. The van der Waals surface area contributed by atoms with Crippen molar-refractivity contribution in [2.45, 2.75) is 44.8 Å². The molecule has 4 nitrogen and oxygen atoms in total. The number of nitrogens with zero attached hydrogens (tertiary/aromatic N) is 1. The Hall–Kier alpha value is -2.07. The number of benzene rings is 2. The van der Waals surface area contributed by atoms with Crippen molar-refractivity contribution in [3.8, 4) is 5.75 Å². The third-order valence-corrected chi connectivity index (χ3v) is 5.65. The molecule has 2 fully saturated rings. The van der Waals surface area contributed by atoms with Crippen molar-refractivity contribution in [3.05, 3.63) is 42.0 Å². The lowest BCUT2D eigenvalue weighted by Gasteiger charge is -2.37. The van der Waals surface area contributed by atoms with E-state index in [4.69, 9.17) is 9.47 Å². The number of methoxy groups -OCH3 is 1. The van der Waals surface area contributed by atoms with Crippen molar-refractivity contribution in [2.24, 2.45) is 5.92 Å². The third-order valence-electron chi connectivity index (χ3n) is 5.65. The van der Waals surface area contributed by atoms with Gasteiger partial charge in [0.25, 0.3) is 0 Å². The van der Waals surface area contributed by atoms with Gasteiger partial charge in [-0.1, -0.05) is 30.7 Å². The van der Waals surface area contributed by atoms with Crippen molar-refractivity contribution in [1.82, 2.24) is 4.90 Å². The monoisotopic (exact) mass is 353 g/mol. The predicted molar refractivity (Wildman–Crippen MR) is 102 cm³/mol. The molecule has 2 aromatic carbocycles. The fourth-order valence-electron chi connectivity index (χ4n) is 4.14. The van der Waals surface area contributed by atoms with Crippen molar-refractivity contribution in [3.63, 3.8) is 0 Å². The quantitative estimate of drug-likeness (QED) is 0.757. The zero-order valence-corrected chi connectivity index (χ0v) is 15.4. The molecule has 1 aliphatic carbocycles. The minimum Gasteiger partial charge on any atom is -0.490 e. The number of rotatable bonds is 5. The number of ether oxygens (including phenoxy) is 2. The maximum absolute atomic E-state index is 11.5. The summed E-state index contributed by atoms with van der Waals surface area (Å²) < 4.78 is 11.1. The Morgan fingerprint density at radius 2 is 1.92 bits per heavy atom. The van der Waals surface area contributed by atoms with Crippen LogP contribution >= 0.6 is 0 Å². The zero-order chi connectivity index (χ0) is 17.9. The van der Waals surface area contributed by atoms with E-state index in [9.17, 15) is 4.79 Å². The summed E-state index contributed by atoms with van der Waals surface area (Å²) in [7, 11) is 1.46. The molecule has 0 spiro atoms. The fourth-order valence-corrected chi connectivity index (χ4v) is 4.14. The van der Waals surface area contributed by atoms with Gasteiger partial charge < -0.3 is 9.47 Å². The molecule has 0 radical (unpaired) electrons. The van der Waals surface area contributed by atoms with Crippen LogP contribution in [0.4, 0.5) is 0 Å². The molecule has 1 heterocycles. The van der Waals surface area contributed by atoms with Crippen LogP contribution in [0.2, 0.25) is 0 Å². The van der Waals surface area contributed by atoms with Crippen LogP contribution in [0.25, 0.3) is 10.8 Å². The summed E-state index contributed by atoms with van der Waals surface area (Å²) in [6, 6.07) is 12.9. The molecule has 1 saturated carbocycles. The number of hydrogen-bond donors (Lipinski definition) is 0. The van der Waals surface area contributed by atoms with Crippen LogP contribution in [0.5, 0.6) is 5.75 Å². The molecule has 0 unspecified atom stereocenters. The minimum atomic E-state index is -0.0933. The van der Waals surface area contributed by atoms with E-state index in [0.717, 1.165) is 25.4 Å². The highest BCUT2D eigenvalue weighted by molar-refractivity contribution is 5.88. The third kappa shape index (κ3) is 3.70. The first kappa shape index (κ1) is 17.3. The summed E-state index contributed by atoms with van der Waals surface area (Å²) >= 11 is 0. The first-order valence-corrected chi connectivity index (χ1v) is 9.71. The van der Waals surface area contributed by atoms with Crippen LogP contribution < -0.4 is 4.74 Å². The Balaban J connectivity index is 1.43. The van der Waals surface area contributed by atoms with Crippen molar-refractivity contribution < 1.29 is 14.3 Å². The largest absolute Gasteiger partial charge is 0.490 e. The van der Waals surface area contributed by atoms with Crippen LogP contribution in [-0.2, 0) is 16.1 Å². The lowest BCUT2D eigenvalue weighted by Crippen LogP contribution is -2.49. The van der Waals surface area contributed by atoms with Crippen LogP contribution in [0.15, 0.2) is 36.4 Å². The molecule has 4 rings (SSSR count). The van der Waals surface area contributed by atoms with Crippen LogP contribution in [-0.4, -0.2) is 37.2 Å². The van der Waals surface area contributed by atoms with Gasteiger partial charge in [-0.15, -0.1) is 0 Å². The smallest absolute Gasteiger partial charge is 0.311 e. The van der Waals surface area contributed by atoms with E-state index in [1.54, 1.807) is 0 Å². The molecule has 4 heteroatoms. The van der Waals surface area contributed by atoms with Crippen molar-refractivity contribution in [2.75, 3.05) is 20.2 Å². The molecule has 2 aromatic rings. The maximum atomic E-state index is 11.5. The van der Waals surface area contributed by atoms with E-state index in [-0.39, 0.29) is 11.9 Å². The van der Waals surface area contributed by atoms with Gasteiger partial charge in [0.15, 0.2) is 0 Å². The molecule has 2 aliphatic rings. The molecule has 1 saturated heterocycles. The Morgan fingerprint density at radius 3 is 2.69 bits per heavy atom. The normalized spacial score (nSPS) is 19.3. The standard InChI is InChI=1S/C22H27NO3/c1-25-22(24)18-14-23(15-18)13-16-10-11-20-17(12-16)6-5-9-21(20)26-19-7-3-2-4-8-19/h5-6,9-12,18-19H,2-4,7-8,13-15H2,1H3. The fraction of sp³-hybridized carbons (Fsp3) is 0.500. The Labute approximate surface area is 155 Å². The summed E-state index contributed by atoms with van der Waals surface area (Å²) in [5, 5.41) is 2.42. The summed E-state index contributed by atoms with van der Waals surface area (Å²) in [5.41, 5.74) is 1.27.